The Morgan fingerprint density at radius 2 is 1.12 bits per heavy atom. The minimum atomic E-state index is -4.51. The zero-order chi connectivity index (χ0) is 19.2. The van der Waals surface area contributed by atoms with Gasteiger partial charge in [-0.2, -0.15) is 13.2 Å². The van der Waals surface area contributed by atoms with Crippen molar-refractivity contribution in [1.29, 1.82) is 0 Å². The maximum absolute atomic E-state index is 14.4. The molecule has 142 valence electrons. The summed E-state index contributed by atoms with van der Waals surface area (Å²) in [6.45, 7) is 2.06. The second-order valence-electron chi connectivity index (χ2n) is 6.66. The topological polar surface area (TPSA) is 40.5 Å². The van der Waals surface area contributed by atoms with Crippen molar-refractivity contribution >= 4 is 0 Å². The SMILES string of the molecule is CCCCCCCC(c1ccc(O)cc1)(c1ccc(O)cc1)C(F)(F)F. The number of alkyl halides is 3. The summed E-state index contributed by atoms with van der Waals surface area (Å²) in [6, 6.07) is 10.5. The first-order chi connectivity index (χ1) is 12.3. The number of hydrogen-bond donors (Lipinski definition) is 2. The van der Waals surface area contributed by atoms with Crippen LogP contribution in [0.5, 0.6) is 11.5 Å². The van der Waals surface area contributed by atoms with E-state index >= 15 is 0 Å². The molecule has 26 heavy (non-hydrogen) atoms. The summed E-state index contributed by atoms with van der Waals surface area (Å²) in [5.41, 5.74) is -1.96. The van der Waals surface area contributed by atoms with Crippen LogP contribution in [0.2, 0.25) is 0 Å². The number of hydrogen-bond acceptors (Lipinski definition) is 2. The predicted molar refractivity (Wildman–Crippen MR) is 96.4 cm³/mol. The van der Waals surface area contributed by atoms with Crippen molar-refractivity contribution in [3.8, 4) is 11.5 Å². The van der Waals surface area contributed by atoms with Gasteiger partial charge in [-0.1, -0.05) is 63.3 Å². The number of rotatable bonds is 8. The van der Waals surface area contributed by atoms with E-state index in [0.29, 0.717) is 6.42 Å². The van der Waals surface area contributed by atoms with Crippen LogP contribution in [0.25, 0.3) is 0 Å². The van der Waals surface area contributed by atoms with E-state index in [2.05, 4.69) is 6.92 Å². The third kappa shape index (κ3) is 4.32. The number of aromatic hydroxyl groups is 2. The van der Waals surface area contributed by atoms with Crippen LogP contribution in [0.15, 0.2) is 48.5 Å². The zero-order valence-electron chi connectivity index (χ0n) is 14.9. The highest BCUT2D eigenvalue weighted by Gasteiger charge is 2.56. The van der Waals surface area contributed by atoms with Crippen molar-refractivity contribution in [1.82, 2.24) is 0 Å². The van der Waals surface area contributed by atoms with E-state index in [1.807, 2.05) is 0 Å². The molecule has 0 saturated carbocycles. The van der Waals surface area contributed by atoms with Gasteiger partial charge >= 0.3 is 6.18 Å². The Morgan fingerprint density at radius 1 is 0.692 bits per heavy atom. The summed E-state index contributed by atoms with van der Waals surface area (Å²) in [6.07, 6.45) is -0.446. The monoisotopic (exact) mass is 366 g/mol. The molecule has 0 aliphatic heterocycles. The lowest BCUT2D eigenvalue weighted by atomic mass is 9.70. The number of unbranched alkanes of at least 4 members (excludes halogenated alkanes) is 4. The number of phenolic OH excluding ortho intramolecular Hbond substituents is 2. The average Bonchev–Trinajstić information content (AvgIpc) is 2.59. The molecular formula is C21H25F3O2. The molecule has 5 heteroatoms. The van der Waals surface area contributed by atoms with Gasteiger partial charge in [0.25, 0.3) is 0 Å². The highest BCUT2D eigenvalue weighted by molar-refractivity contribution is 5.44. The van der Waals surface area contributed by atoms with Crippen LogP contribution in [0.1, 0.15) is 56.6 Å². The third-order valence-corrected chi connectivity index (χ3v) is 4.86. The zero-order valence-corrected chi connectivity index (χ0v) is 14.9. The lowest BCUT2D eigenvalue weighted by Gasteiger charge is -2.37. The molecule has 0 aliphatic rings. The summed E-state index contributed by atoms with van der Waals surface area (Å²) in [5, 5.41) is 19.0. The maximum Gasteiger partial charge on any atom is 0.402 e. The smallest absolute Gasteiger partial charge is 0.402 e. The van der Waals surface area contributed by atoms with Gasteiger partial charge in [-0.05, 0) is 41.8 Å². The van der Waals surface area contributed by atoms with Crippen LogP contribution in [-0.2, 0) is 5.41 Å². The van der Waals surface area contributed by atoms with E-state index in [1.54, 1.807) is 0 Å². The molecule has 0 spiro atoms. The Bertz CT molecular complexity index is 630. The number of phenols is 2. The van der Waals surface area contributed by atoms with Crippen LogP contribution in [0, 0.1) is 0 Å². The molecular weight excluding hydrogens is 341 g/mol. The van der Waals surface area contributed by atoms with Gasteiger partial charge < -0.3 is 10.2 Å². The summed E-state index contributed by atoms with van der Waals surface area (Å²) >= 11 is 0. The fraction of sp³-hybridized carbons (Fsp3) is 0.429. The van der Waals surface area contributed by atoms with E-state index in [4.69, 9.17) is 0 Å². The molecule has 2 rings (SSSR count). The van der Waals surface area contributed by atoms with Crippen LogP contribution in [0.3, 0.4) is 0 Å². The second kappa shape index (κ2) is 8.47. The molecule has 0 radical (unpaired) electrons. The molecule has 0 aromatic heterocycles. The Hall–Kier alpha value is -2.17. The molecule has 0 amide bonds. The van der Waals surface area contributed by atoms with Gasteiger partial charge in [-0.15, -0.1) is 0 Å². The van der Waals surface area contributed by atoms with E-state index in [1.165, 1.54) is 48.5 Å². The fourth-order valence-corrected chi connectivity index (χ4v) is 3.41. The Labute approximate surface area is 152 Å². The van der Waals surface area contributed by atoms with Gasteiger partial charge in [-0.3, -0.25) is 0 Å². The minimum Gasteiger partial charge on any atom is -0.508 e. The maximum atomic E-state index is 14.4. The Balaban J connectivity index is 2.48. The van der Waals surface area contributed by atoms with Crippen molar-refractivity contribution in [3.05, 3.63) is 59.7 Å². The number of halogens is 3. The van der Waals surface area contributed by atoms with E-state index in [9.17, 15) is 23.4 Å². The molecule has 0 bridgehead atoms. The first-order valence-electron chi connectivity index (χ1n) is 8.97. The summed E-state index contributed by atoms with van der Waals surface area (Å²) in [5.74, 6) is -0.142. The standard InChI is InChI=1S/C21H25F3O2/c1-2-3-4-5-6-15-20(21(22,23)24,16-7-11-18(25)12-8-16)17-9-13-19(26)14-10-17/h7-14,25-26H,2-6,15H2,1H3. The minimum absolute atomic E-state index is 0.0709. The third-order valence-electron chi connectivity index (χ3n) is 4.86. The molecule has 2 nitrogen and oxygen atoms in total. The molecule has 2 aromatic carbocycles. The van der Waals surface area contributed by atoms with Crippen molar-refractivity contribution in [2.75, 3.05) is 0 Å². The molecule has 0 heterocycles. The summed E-state index contributed by atoms with van der Waals surface area (Å²) < 4.78 is 43.2. The van der Waals surface area contributed by atoms with Crippen molar-refractivity contribution in [2.45, 2.75) is 57.0 Å². The summed E-state index contributed by atoms with van der Waals surface area (Å²) in [4.78, 5) is 0. The molecule has 0 atom stereocenters. The summed E-state index contributed by atoms with van der Waals surface area (Å²) in [7, 11) is 0. The van der Waals surface area contributed by atoms with Crippen molar-refractivity contribution < 1.29 is 23.4 Å². The predicted octanol–water partition coefficient (Wildman–Crippen LogP) is 6.31. The van der Waals surface area contributed by atoms with Crippen LogP contribution >= 0.6 is 0 Å². The van der Waals surface area contributed by atoms with Crippen LogP contribution < -0.4 is 0 Å². The van der Waals surface area contributed by atoms with Gasteiger partial charge in [0, 0.05) is 0 Å². The number of benzene rings is 2. The normalized spacial score (nSPS) is 12.3. The molecule has 2 N–H and O–H groups in total. The van der Waals surface area contributed by atoms with Gasteiger partial charge in [0.15, 0.2) is 0 Å². The van der Waals surface area contributed by atoms with E-state index in [-0.39, 0.29) is 29.0 Å². The fourth-order valence-electron chi connectivity index (χ4n) is 3.41. The average molecular weight is 366 g/mol. The molecule has 0 fully saturated rings. The van der Waals surface area contributed by atoms with Gasteiger partial charge in [-0.25, -0.2) is 0 Å². The first-order valence-corrected chi connectivity index (χ1v) is 8.97. The van der Waals surface area contributed by atoms with Gasteiger partial charge in [0.2, 0.25) is 0 Å². The molecule has 2 aromatic rings. The largest absolute Gasteiger partial charge is 0.508 e. The first kappa shape index (κ1) is 20.1. The molecule has 0 saturated heterocycles. The van der Waals surface area contributed by atoms with Crippen molar-refractivity contribution in [2.24, 2.45) is 0 Å². The Kier molecular flexibility index (Phi) is 6.57. The molecule has 0 aliphatic carbocycles. The van der Waals surface area contributed by atoms with E-state index in [0.717, 1.165) is 25.7 Å². The van der Waals surface area contributed by atoms with Gasteiger partial charge in [0.05, 0.1) is 0 Å². The van der Waals surface area contributed by atoms with Crippen LogP contribution in [0.4, 0.5) is 13.2 Å². The highest BCUT2D eigenvalue weighted by Crippen LogP contribution is 2.50. The Morgan fingerprint density at radius 3 is 1.50 bits per heavy atom. The second-order valence-corrected chi connectivity index (χ2v) is 6.66. The quantitative estimate of drug-likeness (QED) is 0.538. The van der Waals surface area contributed by atoms with E-state index < -0.39 is 11.6 Å². The van der Waals surface area contributed by atoms with Crippen molar-refractivity contribution in [3.63, 3.8) is 0 Å². The lowest BCUT2D eigenvalue weighted by molar-refractivity contribution is -0.180. The van der Waals surface area contributed by atoms with Gasteiger partial charge in [0.1, 0.15) is 16.9 Å². The lowest BCUT2D eigenvalue weighted by Crippen LogP contribution is -2.43. The van der Waals surface area contributed by atoms with Crippen LogP contribution in [-0.4, -0.2) is 16.4 Å². The molecule has 0 unspecified atom stereocenters. The highest BCUT2D eigenvalue weighted by atomic mass is 19.4.